The second kappa shape index (κ2) is 3.62. The lowest BCUT2D eigenvalue weighted by Crippen LogP contribution is -2.02. The van der Waals surface area contributed by atoms with Gasteiger partial charge in [-0.05, 0) is 17.7 Å². The molecule has 1 heterocycles. The number of aromatic nitrogens is 1. The molecule has 0 saturated carbocycles. The van der Waals surface area contributed by atoms with Gasteiger partial charge in [0.1, 0.15) is 6.07 Å². The van der Waals surface area contributed by atoms with Gasteiger partial charge in [0.15, 0.2) is 17.3 Å². The fourth-order valence-corrected chi connectivity index (χ4v) is 2.24. The van der Waals surface area contributed by atoms with Crippen molar-refractivity contribution in [1.82, 2.24) is 4.98 Å². The number of halogens is 2. The van der Waals surface area contributed by atoms with Gasteiger partial charge in [0.2, 0.25) is 0 Å². The van der Waals surface area contributed by atoms with E-state index in [4.69, 9.17) is 16.9 Å². The van der Waals surface area contributed by atoms with Gasteiger partial charge in [0.25, 0.3) is 0 Å². The highest BCUT2D eigenvalue weighted by molar-refractivity contribution is 6.32. The molecule has 0 amide bonds. The molecule has 3 nitrogen and oxygen atoms in total. The summed E-state index contributed by atoms with van der Waals surface area (Å²) >= 11 is 5.82. The normalized spacial score (nSPS) is 11.9. The number of hydrogen-bond donors (Lipinski definition) is 0. The third kappa shape index (κ3) is 1.28. The van der Waals surface area contributed by atoms with Crippen molar-refractivity contribution in [1.29, 1.82) is 5.26 Å². The van der Waals surface area contributed by atoms with Gasteiger partial charge in [-0.3, -0.25) is 4.79 Å². The summed E-state index contributed by atoms with van der Waals surface area (Å²) in [4.78, 5) is 15.8. The summed E-state index contributed by atoms with van der Waals surface area (Å²) in [5.74, 6) is -1.33. The molecule has 0 fully saturated rings. The van der Waals surface area contributed by atoms with Crippen molar-refractivity contribution < 1.29 is 9.18 Å². The van der Waals surface area contributed by atoms with E-state index in [1.54, 1.807) is 18.2 Å². The van der Waals surface area contributed by atoms with Crippen LogP contribution in [0.3, 0.4) is 0 Å². The second-order valence-electron chi connectivity index (χ2n) is 3.84. The van der Waals surface area contributed by atoms with Gasteiger partial charge < -0.3 is 0 Å². The Morgan fingerprint density at radius 1 is 1.28 bits per heavy atom. The molecule has 3 rings (SSSR count). The van der Waals surface area contributed by atoms with E-state index in [0.29, 0.717) is 21.7 Å². The van der Waals surface area contributed by atoms with Crippen LogP contribution < -0.4 is 0 Å². The quantitative estimate of drug-likeness (QED) is 0.623. The van der Waals surface area contributed by atoms with E-state index >= 15 is 0 Å². The fraction of sp³-hybridized carbons (Fsp3) is 0. The summed E-state index contributed by atoms with van der Waals surface area (Å²) in [7, 11) is 0. The van der Waals surface area contributed by atoms with Crippen LogP contribution >= 0.6 is 11.6 Å². The molecule has 1 aliphatic rings. The third-order valence-corrected chi connectivity index (χ3v) is 3.10. The van der Waals surface area contributed by atoms with Gasteiger partial charge in [-0.15, -0.1) is 0 Å². The number of nitrogens with zero attached hydrogens (tertiary/aromatic N) is 2. The third-order valence-electron chi connectivity index (χ3n) is 2.87. The van der Waals surface area contributed by atoms with Crippen LogP contribution in [-0.4, -0.2) is 10.8 Å². The minimum Gasteiger partial charge on any atom is -0.288 e. The van der Waals surface area contributed by atoms with Crippen molar-refractivity contribution in [2.24, 2.45) is 0 Å². The molecular formula is C13H4ClFN2O. The predicted octanol–water partition coefficient (Wildman–Crippen LogP) is 2.96. The Kier molecular flexibility index (Phi) is 2.19. The van der Waals surface area contributed by atoms with E-state index in [9.17, 15) is 9.18 Å². The summed E-state index contributed by atoms with van der Waals surface area (Å²) in [6, 6.07) is 6.38. The molecule has 0 saturated heterocycles. The van der Waals surface area contributed by atoms with E-state index in [1.165, 1.54) is 12.3 Å². The minimum atomic E-state index is -0.868. The SMILES string of the molecule is N#Cc1ncc2c(c1F)C(=O)c1cc(Cl)ccc1-2. The fourth-order valence-electron chi connectivity index (χ4n) is 2.06. The first-order valence-corrected chi connectivity index (χ1v) is 5.44. The van der Waals surface area contributed by atoms with E-state index < -0.39 is 11.6 Å². The Hall–Kier alpha value is -2.25. The first-order chi connectivity index (χ1) is 8.63. The molecule has 0 unspecified atom stereocenters. The molecule has 0 radical (unpaired) electrons. The molecule has 0 bridgehead atoms. The largest absolute Gasteiger partial charge is 0.288 e. The van der Waals surface area contributed by atoms with Gasteiger partial charge >= 0.3 is 0 Å². The summed E-state index contributed by atoms with van der Waals surface area (Å²) in [6.45, 7) is 0. The van der Waals surface area contributed by atoms with Crippen LogP contribution in [0.15, 0.2) is 24.4 Å². The van der Waals surface area contributed by atoms with Crippen molar-refractivity contribution >= 4 is 17.4 Å². The lowest BCUT2D eigenvalue weighted by atomic mass is 10.1. The number of pyridine rings is 1. The Morgan fingerprint density at radius 2 is 2.06 bits per heavy atom. The van der Waals surface area contributed by atoms with Crippen molar-refractivity contribution in [2.45, 2.75) is 0 Å². The van der Waals surface area contributed by atoms with Crippen LogP contribution in [0.1, 0.15) is 21.6 Å². The van der Waals surface area contributed by atoms with Crippen molar-refractivity contribution in [2.75, 3.05) is 0 Å². The number of carbonyl (C=O) groups is 1. The topological polar surface area (TPSA) is 53.8 Å². The maximum absolute atomic E-state index is 14.0. The zero-order valence-electron chi connectivity index (χ0n) is 8.87. The summed E-state index contributed by atoms with van der Waals surface area (Å²) in [5.41, 5.74) is 0.867. The maximum atomic E-state index is 14.0. The standard InChI is InChI=1S/C13H4ClFN2O/c14-6-1-2-7-8(3-6)13(18)11-9(7)5-17-10(4-16)12(11)15/h1-3,5H. The molecular weight excluding hydrogens is 255 g/mol. The van der Waals surface area contributed by atoms with Crippen LogP contribution in [0.25, 0.3) is 11.1 Å². The molecule has 0 aliphatic heterocycles. The summed E-state index contributed by atoms with van der Waals surface area (Å²) in [6.07, 6.45) is 1.34. The van der Waals surface area contributed by atoms with Crippen LogP contribution in [0.2, 0.25) is 5.02 Å². The van der Waals surface area contributed by atoms with Gasteiger partial charge in [-0.2, -0.15) is 5.26 Å². The number of rotatable bonds is 0. The van der Waals surface area contributed by atoms with Gasteiger partial charge in [-0.25, -0.2) is 9.37 Å². The number of fused-ring (bicyclic) bond motifs is 3. The summed E-state index contributed by atoms with van der Waals surface area (Å²) < 4.78 is 14.0. The van der Waals surface area contributed by atoms with E-state index in [1.807, 2.05) is 0 Å². The summed E-state index contributed by atoms with van der Waals surface area (Å²) in [5, 5.41) is 9.12. The predicted molar refractivity (Wildman–Crippen MR) is 62.8 cm³/mol. The van der Waals surface area contributed by atoms with Crippen LogP contribution in [0.5, 0.6) is 0 Å². The molecule has 1 aliphatic carbocycles. The first kappa shape index (κ1) is 10.9. The minimum absolute atomic E-state index is 0.0983. The molecule has 0 spiro atoms. The number of carbonyl (C=O) groups excluding carboxylic acids is 1. The Morgan fingerprint density at radius 3 is 2.78 bits per heavy atom. The number of hydrogen-bond acceptors (Lipinski definition) is 3. The molecule has 0 N–H and O–H groups in total. The van der Waals surface area contributed by atoms with Crippen molar-refractivity contribution in [3.63, 3.8) is 0 Å². The van der Waals surface area contributed by atoms with Crippen LogP contribution in [-0.2, 0) is 0 Å². The molecule has 18 heavy (non-hydrogen) atoms. The molecule has 0 atom stereocenters. The van der Waals surface area contributed by atoms with Gasteiger partial charge in [0.05, 0.1) is 5.56 Å². The average Bonchev–Trinajstić information content (AvgIpc) is 2.64. The monoisotopic (exact) mass is 258 g/mol. The highest BCUT2D eigenvalue weighted by atomic mass is 35.5. The molecule has 1 aromatic carbocycles. The number of nitriles is 1. The van der Waals surface area contributed by atoms with Crippen LogP contribution in [0.4, 0.5) is 4.39 Å². The van der Waals surface area contributed by atoms with Crippen LogP contribution in [0, 0.1) is 17.1 Å². The Balaban J connectivity index is 2.37. The molecule has 5 heteroatoms. The smallest absolute Gasteiger partial charge is 0.197 e. The highest BCUT2D eigenvalue weighted by Crippen LogP contribution is 2.38. The maximum Gasteiger partial charge on any atom is 0.197 e. The van der Waals surface area contributed by atoms with Gasteiger partial charge in [0, 0.05) is 22.3 Å². The number of benzene rings is 1. The van der Waals surface area contributed by atoms with Gasteiger partial charge in [-0.1, -0.05) is 17.7 Å². The van der Waals surface area contributed by atoms with E-state index in [2.05, 4.69) is 4.98 Å². The second-order valence-corrected chi connectivity index (χ2v) is 4.28. The zero-order chi connectivity index (χ0) is 12.9. The highest BCUT2D eigenvalue weighted by Gasteiger charge is 2.31. The zero-order valence-corrected chi connectivity index (χ0v) is 9.62. The lowest BCUT2D eigenvalue weighted by molar-refractivity contribution is 0.103. The molecule has 1 aromatic heterocycles. The van der Waals surface area contributed by atoms with Crippen molar-refractivity contribution in [3.8, 4) is 17.2 Å². The molecule has 86 valence electrons. The Bertz CT molecular complexity index is 749. The number of ketones is 1. The Labute approximate surface area is 106 Å². The first-order valence-electron chi connectivity index (χ1n) is 5.06. The lowest BCUT2D eigenvalue weighted by Gasteiger charge is -2.00. The average molecular weight is 259 g/mol. The van der Waals surface area contributed by atoms with Crippen molar-refractivity contribution in [3.05, 3.63) is 52.1 Å². The molecule has 2 aromatic rings. The van der Waals surface area contributed by atoms with E-state index in [-0.39, 0.29) is 11.3 Å². The van der Waals surface area contributed by atoms with E-state index in [0.717, 1.165) is 0 Å².